The van der Waals surface area contributed by atoms with Gasteiger partial charge in [-0.3, -0.25) is 0 Å². The lowest BCUT2D eigenvalue weighted by atomic mass is 9.87. The average molecular weight is 294 g/mol. The first-order valence-corrected chi connectivity index (χ1v) is 7.28. The van der Waals surface area contributed by atoms with Crippen LogP contribution in [0.1, 0.15) is 43.9 Å². The molecule has 4 nitrogen and oxygen atoms in total. The fraction of sp³-hybridized carbons (Fsp3) is 0.562. The number of rotatable bonds is 3. The van der Waals surface area contributed by atoms with Crippen molar-refractivity contribution in [3.05, 3.63) is 35.1 Å². The summed E-state index contributed by atoms with van der Waals surface area (Å²) in [6.07, 6.45) is 2.69. The molecule has 2 rings (SSSR count). The first kappa shape index (κ1) is 15.8. The van der Waals surface area contributed by atoms with E-state index in [2.05, 4.69) is 5.32 Å². The maximum absolute atomic E-state index is 13.4. The van der Waals surface area contributed by atoms with Crippen molar-refractivity contribution in [2.24, 2.45) is 0 Å². The largest absolute Gasteiger partial charge is 0.389 e. The Morgan fingerprint density at radius 1 is 1.52 bits per heavy atom. The van der Waals surface area contributed by atoms with Crippen molar-refractivity contribution in [2.75, 3.05) is 13.6 Å². The number of nitrogens with zero attached hydrogens (tertiary/aromatic N) is 1. The SMILES string of the molecule is CN(CC(C)(C)O)C(=O)NC1CCCc2ccc(F)cc21. The van der Waals surface area contributed by atoms with Crippen LogP contribution in [0.4, 0.5) is 9.18 Å². The van der Waals surface area contributed by atoms with Crippen molar-refractivity contribution in [3.8, 4) is 0 Å². The van der Waals surface area contributed by atoms with Gasteiger partial charge in [0.15, 0.2) is 0 Å². The van der Waals surface area contributed by atoms with Gasteiger partial charge in [-0.25, -0.2) is 9.18 Å². The zero-order chi connectivity index (χ0) is 15.6. The van der Waals surface area contributed by atoms with Gasteiger partial charge in [-0.2, -0.15) is 0 Å². The molecular weight excluding hydrogens is 271 g/mol. The minimum Gasteiger partial charge on any atom is -0.389 e. The van der Waals surface area contributed by atoms with Gasteiger partial charge in [-0.1, -0.05) is 6.07 Å². The normalized spacial score (nSPS) is 18.0. The summed E-state index contributed by atoms with van der Waals surface area (Å²) in [6, 6.07) is 4.35. The number of hydrogen-bond acceptors (Lipinski definition) is 2. The van der Waals surface area contributed by atoms with E-state index in [0.717, 1.165) is 30.4 Å². The molecule has 5 heteroatoms. The predicted octanol–water partition coefficient (Wildman–Crippen LogP) is 2.62. The molecule has 0 heterocycles. The first-order chi connectivity index (χ1) is 9.76. The second kappa shape index (κ2) is 6.02. The van der Waals surface area contributed by atoms with Crippen LogP contribution in [0.3, 0.4) is 0 Å². The van der Waals surface area contributed by atoms with E-state index in [1.807, 2.05) is 0 Å². The molecule has 0 saturated heterocycles. The van der Waals surface area contributed by atoms with Crippen molar-refractivity contribution in [1.29, 1.82) is 0 Å². The van der Waals surface area contributed by atoms with E-state index in [4.69, 9.17) is 0 Å². The smallest absolute Gasteiger partial charge is 0.317 e. The summed E-state index contributed by atoms with van der Waals surface area (Å²) in [7, 11) is 1.64. The van der Waals surface area contributed by atoms with Gasteiger partial charge in [0.25, 0.3) is 0 Å². The van der Waals surface area contributed by atoms with Crippen LogP contribution in [0, 0.1) is 5.82 Å². The number of urea groups is 1. The number of likely N-dealkylation sites (N-methyl/N-ethyl adjacent to an activating group) is 1. The number of halogens is 1. The number of benzene rings is 1. The quantitative estimate of drug-likeness (QED) is 0.900. The lowest BCUT2D eigenvalue weighted by Gasteiger charge is -2.30. The summed E-state index contributed by atoms with van der Waals surface area (Å²) >= 11 is 0. The molecule has 0 aromatic heterocycles. The third-order valence-electron chi connectivity index (χ3n) is 3.69. The highest BCUT2D eigenvalue weighted by molar-refractivity contribution is 5.74. The highest BCUT2D eigenvalue weighted by Crippen LogP contribution is 2.30. The van der Waals surface area contributed by atoms with E-state index in [1.54, 1.807) is 27.0 Å². The Bertz CT molecular complexity index is 525. The Morgan fingerprint density at radius 2 is 2.24 bits per heavy atom. The molecule has 1 unspecified atom stereocenters. The molecule has 0 radical (unpaired) electrons. The summed E-state index contributed by atoms with van der Waals surface area (Å²) in [5, 5.41) is 12.7. The third kappa shape index (κ3) is 4.17. The lowest BCUT2D eigenvalue weighted by Crippen LogP contribution is -2.46. The van der Waals surface area contributed by atoms with Crippen LogP contribution < -0.4 is 5.32 Å². The summed E-state index contributed by atoms with van der Waals surface area (Å²) in [6.45, 7) is 3.55. The summed E-state index contributed by atoms with van der Waals surface area (Å²) in [4.78, 5) is 13.6. The zero-order valence-corrected chi connectivity index (χ0v) is 12.8. The van der Waals surface area contributed by atoms with Crippen molar-refractivity contribution in [3.63, 3.8) is 0 Å². The number of carbonyl (C=O) groups excluding carboxylic acids is 1. The van der Waals surface area contributed by atoms with Gasteiger partial charge in [0.1, 0.15) is 5.82 Å². The first-order valence-electron chi connectivity index (χ1n) is 7.28. The van der Waals surface area contributed by atoms with E-state index in [9.17, 15) is 14.3 Å². The summed E-state index contributed by atoms with van der Waals surface area (Å²) in [5.41, 5.74) is 1.02. The monoisotopic (exact) mass is 294 g/mol. The zero-order valence-electron chi connectivity index (χ0n) is 12.8. The third-order valence-corrected chi connectivity index (χ3v) is 3.69. The Kier molecular flexibility index (Phi) is 4.52. The molecule has 2 N–H and O–H groups in total. The van der Waals surface area contributed by atoms with Crippen molar-refractivity contribution in [1.82, 2.24) is 10.2 Å². The molecule has 1 aromatic rings. The summed E-state index contributed by atoms with van der Waals surface area (Å²) < 4.78 is 13.4. The van der Waals surface area contributed by atoms with Crippen LogP contribution in [-0.4, -0.2) is 35.2 Å². The highest BCUT2D eigenvalue weighted by atomic mass is 19.1. The van der Waals surface area contributed by atoms with Crippen molar-refractivity contribution in [2.45, 2.75) is 44.8 Å². The minimum atomic E-state index is -0.942. The Hall–Kier alpha value is -1.62. The molecule has 0 fully saturated rings. The van der Waals surface area contributed by atoms with Gasteiger partial charge in [-0.15, -0.1) is 0 Å². The van der Waals surface area contributed by atoms with Gasteiger partial charge < -0.3 is 15.3 Å². The summed E-state index contributed by atoms with van der Waals surface area (Å²) in [5.74, 6) is -0.278. The molecule has 1 aliphatic rings. The van der Waals surface area contributed by atoms with Crippen molar-refractivity contribution < 1.29 is 14.3 Å². The molecule has 0 aliphatic heterocycles. The minimum absolute atomic E-state index is 0.166. The van der Waals surface area contributed by atoms with Gasteiger partial charge in [-0.05, 0) is 56.4 Å². The molecule has 2 amide bonds. The number of fused-ring (bicyclic) bond motifs is 1. The molecule has 1 aromatic carbocycles. The molecule has 21 heavy (non-hydrogen) atoms. The molecule has 116 valence electrons. The van der Waals surface area contributed by atoms with Crippen molar-refractivity contribution >= 4 is 6.03 Å². The molecule has 0 spiro atoms. The van der Waals surface area contributed by atoms with E-state index in [0.29, 0.717) is 0 Å². The molecular formula is C16H23FN2O2. The number of aliphatic hydroxyl groups is 1. The second-order valence-electron chi connectivity index (χ2n) is 6.41. The van der Waals surface area contributed by atoms with Gasteiger partial charge in [0.05, 0.1) is 18.2 Å². The maximum Gasteiger partial charge on any atom is 0.317 e. The fourth-order valence-corrected chi connectivity index (χ4v) is 2.83. The van der Waals surface area contributed by atoms with Crippen LogP contribution in [-0.2, 0) is 6.42 Å². The fourth-order valence-electron chi connectivity index (χ4n) is 2.83. The number of hydrogen-bond donors (Lipinski definition) is 2. The number of carbonyl (C=O) groups is 1. The van der Waals surface area contributed by atoms with E-state index >= 15 is 0 Å². The van der Waals surface area contributed by atoms with Gasteiger partial charge in [0.2, 0.25) is 0 Å². The molecule has 1 aliphatic carbocycles. The van der Waals surface area contributed by atoms with Crippen LogP contribution in [0.2, 0.25) is 0 Å². The maximum atomic E-state index is 13.4. The van der Waals surface area contributed by atoms with Gasteiger partial charge >= 0.3 is 6.03 Å². The van der Waals surface area contributed by atoms with E-state index < -0.39 is 5.60 Å². The van der Waals surface area contributed by atoms with Crippen LogP contribution in [0.25, 0.3) is 0 Å². The number of amides is 2. The Morgan fingerprint density at radius 3 is 2.90 bits per heavy atom. The van der Waals surface area contributed by atoms with E-state index in [-0.39, 0.29) is 24.4 Å². The molecule has 0 saturated carbocycles. The predicted molar refractivity (Wildman–Crippen MR) is 79.5 cm³/mol. The molecule has 1 atom stereocenters. The number of aryl methyl sites for hydroxylation is 1. The van der Waals surface area contributed by atoms with E-state index in [1.165, 1.54) is 17.0 Å². The topological polar surface area (TPSA) is 52.6 Å². The van der Waals surface area contributed by atoms with Gasteiger partial charge in [0, 0.05) is 7.05 Å². The Labute approximate surface area is 125 Å². The van der Waals surface area contributed by atoms with Crippen LogP contribution >= 0.6 is 0 Å². The highest BCUT2D eigenvalue weighted by Gasteiger charge is 2.25. The second-order valence-corrected chi connectivity index (χ2v) is 6.41. The Balaban J connectivity index is 2.08. The average Bonchev–Trinajstić information content (AvgIpc) is 2.37. The molecule has 0 bridgehead atoms. The lowest BCUT2D eigenvalue weighted by molar-refractivity contribution is 0.0527. The number of nitrogens with one attached hydrogen (secondary N) is 1. The van der Waals surface area contributed by atoms with Crippen LogP contribution in [0.5, 0.6) is 0 Å². The standard InChI is InChI=1S/C16H23FN2O2/c1-16(2,21)10-19(3)15(20)18-14-6-4-5-11-7-8-12(17)9-13(11)14/h7-9,14,21H,4-6,10H2,1-3H3,(H,18,20). The van der Waals surface area contributed by atoms with Crippen LogP contribution in [0.15, 0.2) is 18.2 Å².